The Morgan fingerprint density at radius 3 is 2.70 bits per heavy atom. The summed E-state index contributed by atoms with van der Waals surface area (Å²) in [7, 11) is 0. The Morgan fingerprint density at radius 1 is 1.30 bits per heavy atom. The average Bonchev–Trinajstić information content (AvgIpc) is 3.23. The van der Waals surface area contributed by atoms with Crippen LogP contribution in [-0.4, -0.2) is 16.3 Å². The maximum Gasteiger partial charge on any atom is 0.0645 e. The smallest absolute Gasteiger partial charge is 0.0645 e. The number of rotatable bonds is 6. The van der Waals surface area contributed by atoms with E-state index in [2.05, 4.69) is 42.6 Å². The van der Waals surface area contributed by atoms with E-state index in [0.717, 1.165) is 18.2 Å². The van der Waals surface area contributed by atoms with Gasteiger partial charge in [-0.2, -0.15) is 5.10 Å². The van der Waals surface area contributed by atoms with Crippen LogP contribution in [0.3, 0.4) is 0 Å². The average molecular weight is 269 g/mol. The molecule has 0 aliphatic heterocycles. The molecule has 0 bridgehead atoms. The summed E-state index contributed by atoms with van der Waals surface area (Å²) in [6.07, 6.45) is 6.95. The molecule has 1 N–H and O–H groups in total. The van der Waals surface area contributed by atoms with Crippen molar-refractivity contribution in [2.45, 2.75) is 32.7 Å². The van der Waals surface area contributed by atoms with Crippen LogP contribution in [0.25, 0.3) is 5.69 Å². The van der Waals surface area contributed by atoms with E-state index in [1.807, 2.05) is 29.1 Å². The number of hydrogen-bond donors (Lipinski definition) is 1. The molecule has 2 unspecified atom stereocenters. The number of benzene rings is 1. The summed E-state index contributed by atoms with van der Waals surface area (Å²) >= 11 is 0. The van der Waals surface area contributed by atoms with E-state index in [1.54, 1.807) is 0 Å². The highest BCUT2D eigenvalue weighted by Gasteiger charge is 2.34. The quantitative estimate of drug-likeness (QED) is 0.869. The minimum atomic E-state index is 0.421. The molecule has 3 nitrogen and oxygen atoms in total. The predicted molar refractivity (Wildman–Crippen MR) is 81.9 cm³/mol. The van der Waals surface area contributed by atoms with Crippen molar-refractivity contribution >= 4 is 0 Å². The first-order valence-corrected chi connectivity index (χ1v) is 7.63. The van der Waals surface area contributed by atoms with Crippen molar-refractivity contribution in [2.75, 3.05) is 6.54 Å². The Morgan fingerprint density at radius 2 is 2.05 bits per heavy atom. The molecule has 1 heterocycles. The largest absolute Gasteiger partial charge is 0.310 e. The Balaban J connectivity index is 1.83. The molecule has 3 heteroatoms. The molecule has 3 rings (SSSR count). The van der Waals surface area contributed by atoms with Crippen LogP contribution >= 0.6 is 0 Å². The van der Waals surface area contributed by atoms with Crippen LogP contribution in [0.2, 0.25) is 0 Å². The molecule has 0 saturated heterocycles. The molecule has 1 aromatic heterocycles. The zero-order chi connectivity index (χ0) is 13.9. The second-order valence-corrected chi connectivity index (χ2v) is 5.79. The first-order chi connectivity index (χ1) is 9.79. The lowest BCUT2D eigenvalue weighted by Gasteiger charge is -2.23. The molecule has 0 radical (unpaired) electrons. The zero-order valence-electron chi connectivity index (χ0n) is 12.3. The van der Waals surface area contributed by atoms with E-state index in [4.69, 9.17) is 0 Å². The van der Waals surface area contributed by atoms with E-state index in [9.17, 15) is 0 Å². The van der Waals surface area contributed by atoms with E-state index < -0.39 is 0 Å². The fourth-order valence-corrected chi connectivity index (χ4v) is 2.94. The molecule has 0 spiro atoms. The Hall–Kier alpha value is -1.61. The first kappa shape index (κ1) is 13.4. The third kappa shape index (κ3) is 2.78. The van der Waals surface area contributed by atoms with Crippen LogP contribution in [0.4, 0.5) is 0 Å². The van der Waals surface area contributed by atoms with E-state index in [1.165, 1.54) is 18.4 Å². The molecule has 2 atom stereocenters. The third-order valence-corrected chi connectivity index (χ3v) is 4.30. The van der Waals surface area contributed by atoms with Crippen LogP contribution < -0.4 is 5.32 Å². The topological polar surface area (TPSA) is 29.9 Å². The standard InChI is InChI=1S/C17H23N3/c1-3-18-17(13(2)14-9-10-14)15-11-19-20(12-15)16-7-5-4-6-8-16/h4-8,11-14,17-18H,3,9-10H2,1-2H3. The lowest BCUT2D eigenvalue weighted by molar-refractivity contribution is 0.355. The van der Waals surface area contributed by atoms with Crippen molar-refractivity contribution in [2.24, 2.45) is 11.8 Å². The van der Waals surface area contributed by atoms with Gasteiger partial charge in [-0.25, -0.2) is 4.68 Å². The highest BCUT2D eigenvalue weighted by Crippen LogP contribution is 2.42. The van der Waals surface area contributed by atoms with Crippen molar-refractivity contribution in [1.82, 2.24) is 15.1 Å². The maximum atomic E-state index is 4.53. The number of para-hydroxylation sites is 1. The monoisotopic (exact) mass is 269 g/mol. The van der Waals surface area contributed by atoms with Crippen molar-refractivity contribution in [1.29, 1.82) is 0 Å². The number of nitrogens with zero attached hydrogens (tertiary/aromatic N) is 2. The number of hydrogen-bond acceptors (Lipinski definition) is 2. The van der Waals surface area contributed by atoms with E-state index in [0.29, 0.717) is 12.0 Å². The second-order valence-electron chi connectivity index (χ2n) is 5.79. The summed E-state index contributed by atoms with van der Waals surface area (Å²) in [6, 6.07) is 10.7. The van der Waals surface area contributed by atoms with Crippen molar-refractivity contribution in [3.8, 4) is 5.69 Å². The van der Waals surface area contributed by atoms with Gasteiger partial charge in [0.05, 0.1) is 11.9 Å². The lowest BCUT2D eigenvalue weighted by Crippen LogP contribution is -2.27. The van der Waals surface area contributed by atoms with Gasteiger partial charge in [-0.05, 0) is 43.4 Å². The minimum Gasteiger partial charge on any atom is -0.310 e. The summed E-state index contributed by atoms with van der Waals surface area (Å²) in [4.78, 5) is 0. The van der Waals surface area contributed by atoms with Gasteiger partial charge in [-0.15, -0.1) is 0 Å². The fraction of sp³-hybridized carbons (Fsp3) is 0.471. The Bertz CT molecular complexity index is 542. The molecule has 1 aromatic carbocycles. The Labute approximate surface area is 121 Å². The van der Waals surface area contributed by atoms with Gasteiger partial charge in [-0.3, -0.25) is 0 Å². The molecular weight excluding hydrogens is 246 g/mol. The van der Waals surface area contributed by atoms with Gasteiger partial charge >= 0.3 is 0 Å². The Kier molecular flexibility index (Phi) is 3.88. The van der Waals surface area contributed by atoms with Gasteiger partial charge in [0.2, 0.25) is 0 Å². The minimum absolute atomic E-state index is 0.421. The molecule has 0 amide bonds. The number of nitrogens with one attached hydrogen (secondary N) is 1. The lowest BCUT2D eigenvalue weighted by atomic mass is 9.92. The highest BCUT2D eigenvalue weighted by molar-refractivity contribution is 5.31. The number of aromatic nitrogens is 2. The SMILES string of the molecule is CCNC(c1cnn(-c2ccccc2)c1)C(C)C1CC1. The van der Waals surface area contributed by atoms with Gasteiger partial charge in [0.1, 0.15) is 0 Å². The van der Waals surface area contributed by atoms with Crippen LogP contribution in [0.5, 0.6) is 0 Å². The van der Waals surface area contributed by atoms with E-state index in [-0.39, 0.29) is 0 Å². The zero-order valence-corrected chi connectivity index (χ0v) is 12.3. The van der Waals surface area contributed by atoms with Crippen LogP contribution in [-0.2, 0) is 0 Å². The van der Waals surface area contributed by atoms with Crippen LogP contribution in [0.1, 0.15) is 38.3 Å². The highest BCUT2D eigenvalue weighted by atomic mass is 15.3. The summed E-state index contributed by atoms with van der Waals surface area (Å²) < 4.78 is 1.97. The summed E-state index contributed by atoms with van der Waals surface area (Å²) in [5, 5.41) is 8.16. The fourth-order valence-electron chi connectivity index (χ4n) is 2.94. The molecule has 20 heavy (non-hydrogen) atoms. The van der Waals surface area contributed by atoms with Crippen molar-refractivity contribution < 1.29 is 0 Å². The van der Waals surface area contributed by atoms with Gasteiger partial charge in [0.15, 0.2) is 0 Å². The molecule has 1 aliphatic carbocycles. The summed E-state index contributed by atoms with van der Waals surface area (Å²) in [6.45, 7) is 5.54. The van der Waals surface area contributed by atoms with Crippen LogP contribution in [0.15, 0.2) is 42.7 Å². The van der Waals surface area contributed by atoms with Gasteiger partial charge < -0.3 is 5.32 Å². The summed E-state index contributed by atoms with van der Waals surface area (Å²) in [5.41, 5.74) is 2.42. The van der Waals surface area contributed by atoms with E-state index >= 15 is 0 Å². The molecule has 1 fully saturated rings. The normalized spacial score (nSPS) is 17.9. The van der Waals surface area contributed by atoms with Crippen LogP contribution in [0, 0.1) is 11.8 Å². The van der Waals surface area contributed by atoms with Gasteiger partial charge in [-0.1, -0.05) is 32.0 Å². The maximum absolute atomic E-state index is 4.53. The third-order valence-electron chi connectivity index (χ3n) is 4.30. The molecule has 106 valence electrons. The molecular formula is C17H23N3. The summed E-state index contributed by atoms with van der Waals surface area (Å²) in [5.74, 6) is 1.57. The molecule has 2 aromatic rings. The molecule has 1 aliphatic rings. The van der Waals surface area contributed by atoms with Crippen molar-refractivity contribution in [3.63, 3.8) is 0 Å². The van der Waals surface area contributed by atoms with Crippen molar-refractivity contribution in [3.05, 3.63) is 48.3 Å². The second kappa shape index (κ2) is 5.80. The predicted octanol–water partition coefficient (Wildman–Crippen LogP) is 3.57. The molecule has 1 saturated carbocycles. The first-order valence-electron chi connectivity index (χ1n) is 7.63. The van der Waals surface area contributed by atoms with Gasteiger partial charge in [0, 0.05) is 17.8 Å². The van der Waals surface area contributed by atoms with Gasteiger partial charge in [0.25, 0.3) is 0 Å².